The van der Waals surface area contributed by atoms with Gasteiger partial charge in [0.2, 0.25) is 5.91 Å². The molecule has 1 fully saturated rings. The Morgan fingerprint density at radius 3 is 2.71 bits per heavy atom. The van der Waals surface area contributed by atoms with Crippen molar-refractivity contribution in [3.8, 4) is 0 Å². The first-order chi connectivity index (χ1) is 11.5. The molecule has 0 saturated heterocycles. The van der Waals surface area contributed by atoms with Gasteiger partial charge in [-0.05, 0) is 37.5 Å². The topological polar surface area (TPSA) is 67.0 Å². The molecule has 6 heteroatoms. The quantitative estimate of drug-likeness (QED) is 0.836. The molecule has 1 aromatic rings. The molecule has 0 radical (unpaired) electrons. The molecule has 1 aromatic heterocycles. The van der Waals surface area contributed by atoms with E-state index in [-0.39, 0.29) is 17.9 Å². The van der Waals surface area contributed by atoms with Gasteiger partial charge in [-0.2, -0.15) is 5.10 Å². The lowest BCUT2D eigenvalue weighted by atomic mass is 9.96. The fourth-order valence-corrected chi connectivity index (χ4v) is 3.22. The minimum atomic E-state index is -0.191. The Morgan fingerprint density at radius 2 is 2.00 bits per heavy atom. The minimum absolute atomic E-state index is 0.0624. The lowest BCUT2D eigenvalue weighted by Crippen LogP contribution is -2.38. The molecule has 0 N–H and O–H groups in total. The van der Waals surface area contributed by atoms with Crippen molar-refractivity contribution in [3.05, 3.63) is 29.4 Å². The number of aryl methyl sites for hydroxylation is 1. The first-order valence-electron chi connectivity index (χ1n) is 8.66. The van der Waals surface area contributed by atoms with Gasteiger partial charge in [-0.25, -0.2) is 5.01 Å². The fourth-order valence-electron chi connectivity index (χ4n) is 3.22. The summed E-state index contributed by atoms with van der Waals surface area (Å²) >= 11 is 0. The van der Waals surface area contributed by atoms with Gasteiger partial charge in [-0.3, -0.25) is 19.1 Å². The molecule has 1 aliphatic heterocycles. The summed E-state index contributed by atoms with van der Waals surface area (Å²) in [5.41, 5.74) is 2.17. The molecule has 1 saturated carbocycles. The first-order valence-corrected chi connectivity index (χ1v) is 8.66. The van der Waals surface area contributed by atoms with Crippen molar-refractivity contribution in [3.63, 3.8) is 0 Å². The van der Waals surface area contributed by atoms with Gasteiger partial charge in [0.05, 0.1) is 6.04 Å². The number of amides is 1. The van der Waals surface area contributed by atoms with Crippen molar-refractivity contribution >= 4 is 17.5 Å². The maximum absolute atomic E-state index is 12.9. The number of nitrogens with zero attached hydrogens (tertiary/aromatic N) is 4. The number of rotatable bonds is 2. The molecule has 128 valence electrons. The van der Waals surface area contributed by atoms with Crippen LogP contribution in [-0.2, 0) is 4.79 Å². The Labute approximate surface area is 141 Å². The van der Waals surface area contributed by atoms with Crippen LogP contribution in [0.3, 0.4) is 0 Å². The number of carbonyl (C=O) groups is 2. The summed E-state index contributed by atoms with van der Waals surface area (Å²) < 4.78 is 1.57. The van der Waals surface area contributed by atoms with Crippen LogP contribution >= 0.6 is 0 Å². The van der Waals surface area contributed by atoms with E-state index in [9.17, 15) is 9.59 Å². The molecule has 24 heavy (non-hydrogen) atoms. The van der Waals surface area contributed by atoms with Crippen LogP contribution in [0.15, 0.2) is 28.4 Å². The third-order valence-corrected chi connectivity index (χ3v) is 4.65. The molecular formula is C18H24N4O2. The van der Waals surface area contributed by atoms with E-state index in [2.05, 4.69) is 5.10 Å². The Kier molecular flexibility index (Phi) is 4.92. The van der Waals surface area contributed by atoms with Crippen LogP contribution in [0.4, 0.5) is 0 Å². The predicted molar refractivity (Wildman–Crippen MR) is 91.7 cm³/mol. The SMILES string of the molecule is Cc1ccn(C(=O)C2=NN(C)C(=O)CC2)c(=NC2CCCCC2)c1. The summed E-state index contributed by atoms with van der Waals surface area (Å²) in [7, 11) is 1.59. The molecule has 3 rings (SSSR count). The third-order valence-electron chi connectivity index (χ3n) is 4.65. The largest absolute Gasteiger partial charge is 0.279 e. The van der Waals surface area contributed by atoms with E-state index in [0.717, 1.165) is 18.4 Å². The Hall–Kier alpha value is -2.24. The van der Waals surface area contributed by atoms with Crippen molar-refractivity contribution in [2.45, 2.75) is 57.9 Å². The summed E-state index contributed by atoms with van der Waals surface area (Å²) in [6, 6.07) is 4.14. The molecule has 0 spiro atoms. The van der Waals surface area contributed by atoms with E-state index in [4.69, 9.17) is 4.99 Å². The van der Waals surface area contributed by atoms with E-state index < -0.39 is 0 Å². The maximum atomic E-state index is 12.9. The summed E-state index contributed by atoms with van der Waals surface area (Å²) in [6.07, 6.45) is 8.31. The monoisotopic (exact) mass is 328 g/mol. The number of hydrogen-bond acceptors (Lipinski definition) is 4. The molecular weight excluding hydrogens is 304 g/mol. The highest BCUT2D eigenvalue weighted by Gasteiger charge is 2.23. The van der Waals surface area contributed by atoms with Crippen molar-refractivity contribution in [1.82, 2.24) is 9.58 Å². The van der Waals surface area contributed by atoms with Gasteiger partial charge in [0.25, 0.3) is 5.91 Å². The zero-order valence-electron chi connectivity index (χ0n) is 14.4. The highest BCUT2D eigenvalue weighted by molar-refractivity contribution is 6.40. The second kappa shape index (κ2) is 7.11. The van der Waals surface area contributed by atoms with Gasteiger partial charge >= 0.3 is 0 Å². The number of pyridine rings is 1. The second-order valence-corrected chi connectivity index (χ2v) is 6.62. The van der Waals surface area contributed by atoms with Crippen LogP contribution in [0.25, 0.3) is 0 Å². The summed E-state index contributed by atoms with van der Waals surface area (Å²) in [5, 5.41) is 5.39. The Morgan fingerprint density at radius 1 is 1.25 bits per heavy atom. The Balaban J connectivity index is 1.95. The number of hydrazone groups is 1. The average molecular weight is 328 g/mol. The van der Waals surface area contributed by atoms with Crippen LogP contribution in [0, 0.1) is 6.92 Å². The molecule has 0 unspecified atom stereocenters. The van der Waals surface area contributed by atoms with Crippen molar-refractivity contribution < 1.29 is 9.59 Å². The average Bonchev–Trinajstić information content (AvgIpc) is 2.58. The van der Waals surface area contributed by atoms with Crippen LogP contribution < -0.4 is 5.49 Å². The molecule has 2 heterocycles. The molecule has 1 amide bonds. The fraction of sp³-hybridized carbons (Fsp3) is 0.556. The van der Waals surface area contributed by atoms with E-state index in [1.54, 1.807) is 17.8 Å². The normalized spacial score (nSPS) is 20.2. The van der Waals surface area contributed by atoms with Crippen LogP contribution in [0.5, 0.6) is 0 Å². The van der Waals surface area contributed by atoms with Gasteiger partial charge in [0, 0.05) is 26.1 Å². The molecule has 0 bridgehead atoms. The highest BCUT2D eigenvalue weighted by atomic mass is 16.2. The molecule has 0 atom stereocenters. The van der Waals surface area contributed by atoms with E-state index in [1.807, 2.05) is 19.1 Å². The summed E-state index contributed by atoms with van der Waals surface area (Å²) in [4.78, 5) is 29.3. The lowest BCUT2D eigenvalue weighted by Gasteiger charge is -2.20. The second-order valence-electron chi connectivity index (χ2n) is 6.62. The van der Waals surface area contributed by atoms with Crippen LogP contribution in [0.2, 0.25) is 0 Å². The zero-order valence-corrected chi connectivity index (χ0v) is 14.4. The van der Waals surface area contributed by atoms with Crippen LogP contribution in [0.1, 0.15) is 55.3 Å². The molecule has 6 nitrogen and oxygen atoms in total. The smallest absolute Gasteiger partial charge is 0.273 e. The predicted octanol–water partition coefficient (Wildman–Crippen LogP) is 2.28. The van der Waals surface area contributed by atoms with E-state index >= 15 is 0 Å². The van der Waals surface area contributed by atoms with E-state index in [1.165, 1.54) is 24.3 Å². The standard InChI is InChI=1S/C18H24N4O2/c1-13-10-11-22(16(12-13)19-14-6-4-3-5-7-14)18(24)15-8-9-17(23)21(2)20-15/h10-12,14H,3-9H2,1-2H3. The number of aromatic nitrogens is 1. The number of hydrogen-bond donors (Lipinski definition) is 0. The van der Waals surface area contributed by atoms with Gasteiger partial charge in [0.15, 0.2) is 0 Å². The van der Waals surface area contributed by atoms with E-state index in [0.29, 0.717) is 24.0 Å². The van der Waals surface area contributed by atoms with Gasteiger partial charge in [0.1, 0.15) is 11.2 Å². The number of carbonyl (C=O) groups excluding carboxylic acids is 2. The Bertz CT molecular complexity index is 742. The maximum Gasteiger partial charge on any atom is 0.279 e. The van der Waals surface area contributed by atoms with Crippen molar-refractivity contribution in [2.24, 2.45) is 10.1 Å². The van der Waals surface area contributed by atoms with Crippen molar-refractivity contribution in [1.29, 1.82) is 0 Å². The van der Waals surface area contributed by atoms with Gasteiger partial charge in [-0.15, -0.1) is 0 Å². The molecule has 0 aromatic carbocycles. The zero-order chi connectivity index (χ0) is 17.1. The summed E-state index contributed by atoms with van der Waals surface area (Å²) in [5.74, 6) is -0.253. The van der Waals surface area contributed by atoms with Gasteiger partial charge < -0.3 is 0 Å². The van der Waals surface area contributed by atoms with Gasteiger partial charge in [-0.1, -0.05) is 19.3 Å². The van der Waals surface area contributed by atoms with Crippen LogP contribution in [-0.4, -0.2) is 40.2 Å². The minimum Gasteiger partial charge on any atom is -0.273 e. The lowest BCUT2D eigenvalue weighted by molar-refractivity contribution is -0.130. The first kappa shape index (κ1) is 16.6. The highest BCUT2D eigenvalue weighted by Crippen LogP contribution is 2.19. The third kappa shape index (κ3) is 3.63. The van der Waals surface area contributed by atoms with Crippen molar-refractivity contribution in [2.75, 3.05) is 7.05 Å². The summed E-state index contributed by atoms with van der Waals surface area (Å²) in [6.45, 7) is 2.00. The molecule has 2 aliphatic rings. The molecule has 1 aliphatic carbocycles.